The zero-order chi connectivity index (χ0) is 13.1. The highest BCUT2D eigenvalue weighted by molar-refractivity contribution is 7.89. The Bertz CT molecular complexity index is 479. The van der Waals surface area contributed by atoms with E-state index in [0.29, 0.717) is 6.29 Å². The van der Waals surface area contributed by atoms with E-state index in [0.717, 1.165) is 4.31 Å². The Morgan fingerprint density at radius 3 is 2.65 bits per heavy atom. The van der Waals surface area contributed by atoms with E-state index in [4.69, 9.17) is 9.15 Å². The molecule has 0 bridgehead atoms. The predicted octanol–water partition coefficient (Wildman–Crippen LogP) is 0.748. The molecule has 0 radical (unpaired) electrons. The molecule has 1 unspecified atom stereocenters. The number of rotatable bonds is 6. The fourth-order valence-electron chi connectivity index (χ4n) is 1.26. The van der Waals surface area contributed by atoms with Crippen LogP contribution in [0.2, 0.25) is 0 Å². The maximum absolute atomic E-state index is 12.0. The number of carbonyl (C=O) groups is 1. The zero-order valence-electron chi connectivity index (χ0n) is 9.91. The molecule has 1 aromatic rings. The third-order valence-electron chi connectivity index (χ3n) is 2.38. The number of hydrogen-bond donors (Lipinski definition) is 0. The van der Waals surface area contributed by atoms with Gasteiger partial charge in [-0.3, -0.25) is 4.79 Å². The van der Waals surface area contributed by atoms with E-state index in [2.05, 4.69) is 0 Å². The van der Waals surface area contributed by atoms with Gasteiger partial charge in [0.25, 0.3) is 10.0 Å². The Labute approximate surface area is 100 Å². The molecular weight excluding hydrogens is 246 g/mol. The molecule has 1 heterocycles. The lowest BCUT2D eigenvalue weighted by Crippen LogP contribution is -2.37. The van der Waals surface area contributed by atoms with Gasteiger partial charge in [-0.25, -0.2) is 8.42 Å². The summed E-state index contributed by atoms with van der Waals surface area (Å²) in [4.78, 5) is 10.4. The molecule has 1 atom stereocenters. The number of methoxy groups -OCH3 is 1. The normalized spacial score (nSPS) is 13.9. The van der Waals surface area contributed by atoms with Crippen molar-refractivity contribution < 1.29 is 22.4 Å². The molecule has 0 spiro atoms. The number of nitrogens with zero attached hydrogens (tertiary/aromatic N) is 1. The molecule has 0 aliphatic rings. The number of ether oxygens (including phenoxy) is 1. The van der Waals surface area contributed by atoms with Crippen LogP contribution >= 0.6 is 0 Å². The van der Waals surface area contributed by atoms with Gasteiger partial charge < -0.3 is 9.15 Å². The second kappa shape index (κ2) is 5.44. The molecule has 0 saturated carbocycles. The highest BCUT2D eigenvalue weighted by atomic mass is 32.2. The lowest BCUT2D eigenvalue weighted by molar-refractivity contribution is 0.109. The largest absolute Gasteiger partial charge is 0.440 e. The van der Waals surface area contributed by atoms with Gasteiger partial charge in [-0.1, -0.05) is 0 Å². The summed E-state index contributed by atoms with van der Waals surface area (Å²) in [6.45, 7) is 1.99. The van der Waals surface area contributed by atoms with Gasteiger partial charge in [-0.2, -0.15) is 4.31 Å². The van der Waals surface area contributed by atoms with Crippen LogP contribution in [0.5, 0.6) is 0 Å². The van der Waals surface area contributed by atoms with Gasteiger partial charge in [0.05, 0.1) is 6.61 Å². The second-order valence-corrected chi connectivity index (χ2v) is 5.53. The van der Waals surface area contributed by atoms with Crippen LogP contribution in [-0.4, -0.2) is 45.8 Å². The van der Waals surface area contributed by atoms with Gasteiger partial charge in [-0.05, 0) is 19.1 Å². The summed E-state index contributed by atoms with van der Waals surface area (Å²) in [6.07, 6.45) is 0.456. The van der Waals surface area contributed by atoms with Crippen molar-refractivity contribution in [1.82, 2.24) is 4.31 Å². The van der Waals surface area contributed by atoms with E-state index in [9.17, 15) is 13.2 Å². The van der Waals surface area contributed by atoms with E-state index < -0.39 is 10.0 Å². The quantitative estimate of drug-likeness (QED) is 0.706. The van der Waals surface area contributed by atoms with Crippen molar-refractivity contribution in [2.24, 2.45) is 0 Å². The summed E-state index contributed by atoms with van der Waals surface area (Å²) in [5.41, 5.74) is 0. The van der Waals surface area contributed by atoms with Gasteiger partial charge in [0.1, 0.15) is 0 Å². The molecule has 6 nitrogen and oxygen atoms in total. The molecule has 17 heavy (non-hydrogen) atoms. The number of likely N-dealkylation sites (N-methyl/N-ethyl adjacent to an activating group) is 1. The topological polar surface area (TPSA) is 76.8 Å². The third kappa shape index (κ3) is 2.93. The number of hydrogen-bond acceptors (Lipinski definition) is 5. The summed E-state index contributed by atoms with van der Waals surface area (Å²) < 4.78 is 35.0. The molecule has 0 aromatic carbocycles. The van der Waals surface area contributed by atoms with Crippen LogP contribution in [0.15, 0.2) is 21.6 Å². The molecule has 96 valence electrons. The SMILES string of the molecule is COCC(C)N(C)S(=O)(=O)c1ccc(C=O)o1. The minimum Gasteiger partial charge on any atom is -0.440 e. The molecule has 0 amide bonds. The highest BCUT2D eigenvalue weighted by Crippen LogP contribution is 2.18. The molecular formula is C10H15NO5S. The Balaban J connectivity index is 2.98. The minimum atomic E-state index is -3.72. The highest BCUT2D eigenvalue weighted by Gasteiger charge is 2.28. The zero-order valence-corrected chi connectivity index (χ0v) is 10.7. The monoisotopic (exact) mass is 261 g/mol. The maximum atomic E-state index is 12.0. The van der Waals surface area contributed by atoms with Crippen LogP contribution in [-0.2, 0) is 14.8 Å². The number of carbonyl (C=O) groups excluding carboxylic acids is 1. The first kappa shape index (κ1) is 13.9. The summed E-state index contributed by atoms with van der Waals surface area (Å²) in [5.74, 6) is -0.0173. The molecule has 1 rings (SSSR count). The molecule has 0 fully saturated rings. The second-order valence-electron chi connectivity index (χ2n) is 3.60. The molecule has 0 aliphatic heterocycles. The first-order valence-corrected chi connectivity index (χ1v) is 6.39. The van der Waals surface area contributed by atoms with Crippen LogP contribution < -0.4 is 0 Å². The van der Waals surface area contributed by atoms with Gasteiger partial charge in [0, 0.05) is 20.2 Å². The van der Waals surface area contributed by atoms with Gasteiger partial charge >= 0.3 is 0 Å². The van der Waals surface area contributed by atoms with Crippen molar-refractivity contribution in [3.05, 3.63) is 17.9 Å². The average molecular weight is 261 g/mol. The standard InChI is InChI=1S/C10H15NO5S/c1-8(7-15-3)11(2)17(13,14)10-5-4-9(6-12)16-10/h4-6,8H,7H2,1-3H3. The molecule has 0 N–H and O–H groups in total. The van der Waals surface area contributed by atoms with Crippen LogP contribution in [0.1, 0.15) is 17.5 Å². The number of aldehydes is 1. The Morgan fingerprint density at radius 2 is 2.18 bits per heavy atom. The van der Waals surface area contributed by atoms with Gasteiger partial charge in [0.2, 0.25) is 5.09 Å². The molecule has 0 aliphatic carbocycles. The first-order valence-electron chi connectivity index (χ1n) is 4.95. The molecule has 1 aromatic heterocycles. The van der Waals surface area contributed by atoms with Crippen molar-refractivity contribution >= 4 is 16.3 Å². The van der Waals surface area contributed by atoms with Crippen molar-refractivity contribution in [3.63, 3.8) is 0 Å². The fraction of sp³-hybridized carbons (Fsp3) is 0.500. The molecule has 7 heteroatoms. The van der Waals surface area contributed by atoms with E-state index in [1.165, 1.54) is 26.3 Å². The minimum absolute atomic E-state index is 0.0173. The van der Waals surface area contributed by atoms with Crippen molar-refractivity contribution in [1.29, 1.82) is 0 Å². The lowest BCUT2D eigenvalue weighted by atomic mass is 10.4. The Kier molecular flexibility index (Phi) is 4.44. The van der Waals surface area contributed by atoms with Crippen LogP contribution in [0.3, 0.4) is 0 Å². The van der Waals surface area contributed by atoms with Gasteiger partial charge in [-0.15, -0.1) is 0 Å². The Hall–Kier alpha value is -1.18. The summed E-state index contributed by atoms with van der Waals surface area (Å²) in [6, 6.07) is 2.25. The predicted molar refractivity (Wildman–Crippen MR) is 60.4 cm³/mol. The van der Waals surface area contributed by atoms with Gasteiger partial charge in [0.15, 0.2) is 12.0 Å². The summed E-state index contributed by atoms with van der Waals surface area (Å²) in [5, 5.41) is -0.245. The summed E-state index contributed by atoms with van der Waals surface area (Å²) in [7, 11) is -0.795. The van der Waals surface area contributed by atoms with E-state index in [-0.39, 0.29) is 23.5 Å². The smallest absolute Gasteiger partial charge is 0.276 e. The van der Waals surface area contributed by atoms with Crippen LogP contribution in [0, 0.1) is 0 Å². The fourth-order valence-corrected chi connectivity index (χ4v) is 2.52. The molecule has 0 saturated heterocycles. The van der Waals surface area contributed by atoms with E-state index in [1.54, 1.807) is 6.92 Å². The lowest BCUT2D eigenvalue weighted by Gasteiger charge is -2.22. The van der Waals surface area contributed by atoms with Crippen molar-refractivity contribution in [2.75, 3.05) is 20.8 Å². The maximum Gasteiger partial charge on any atom is 0.276 e. The average Bonchev–Trinajstić information content (AvgIpc) is 2.77. The van der Waals surface area contributed by atoms with E-state index in [1.807, 2.05) is 0 Å². The van der Waals surface area contributed by atoms with E-state index >= 15 is 0 Å². The third-order valence-corrected chi connectivity index (χ3v) is 4.23. The Morgan fingerprint density at radius 1 is 1.53 bits per heavy atom. The van der Waals surface area contributed by atoms with Crippen molar-refractivity contribution in [2.45, 2.75) is 18.1 Å². The summed E-state index contributed by atoms with van der Waals surface area (Å²) >= 11 is 0. The van der Waals surface area contributed by atoms with Crippen LogP contribution in [0.25, 0.3) is 0 Å². The number of furan rings is 1. The van der Waals surface area contributed by atoms with Crippen LogP contribution in [0.4, 0.5) is 0 Å². The number of sulfonamides is 1. The van der Waals surface area contributed by atoms with Crippen molar-refractivity contribution in [3.8, 4) is 0 Å². The first-order chi connectivity index (χ1) is 7.93.